The summed E-state index contributed by atoms with van der Waals surface area (Å²) in [5, 5.41) is 2.57. The number of amides is 1. The lowest BCUT2D eigenvalue weighted by molar-refractivity contribution is -0.141. The van der Waals surface area contributed by atoms with Crippen LogP contribution < -0.4 is 14.4 Å². The maximum Gasteiger partial charge on any atom is 0.326 e. The molecule has 9 heteroatoms. The molecule has 0 bridgehead atoms. The standard InChI is InChI=1S/C21H24N2O6S/c1-4-14-29-19-10-8-18(9-11-19)23(15-21(25)28-5-2)30(26,27)20-12-6-17(7-13-20)22-16(3)24/h4,6-13H,1,5,14-15H2,2-3H3,(H,22,24). The van der Waals surface area contributed by atoms with Crippen molar-refractivity contribution in [3.05, 3.63) is 61.2 Å². The van der Waals surface area contributed by atoms with Crippen molar-refractivity contribution in [2.75, 3.05) is 29.4 Å². The summed E-state index contributed by atoms with van der Waals surface area (Å²) in [4.78, 5) is 23.2. The topological polar surface area (TPSA) is 102 Å². The van der Waals surface area contributed by atoms with Gasteiger partial charge in [0.1, 0.15) is 18.9 Å². The number of hydrogen-bond donors (Lipinski definition) is 1. The van der Waals surface area contributed by atoms with E-state index in [0.717, 1.165) is 4.31 Å². The number of anilines is 2. The number of carbonyl (C=O) groups excluding carboxylic acids is 2. The van der Waals surface area contributed by atoms with E-state index in [0.29, 0.717) is 18.0 Å². The largest absolute Gasteiger partial charge is 0.490 e. The Bertz CT molecular complexity index is 985. The highest BCUT2D eigenvalue weighted by atomic mass is 32.2. The van der Waals surface area contributed by atoms with Crippen LogP contribution >= 0.6 is 0 Å². The molecule has 2 aromatic carbocycles. The molecule has 0 aliphatic heterocycles. The average Bonchev–Trinajstić information content (AvgIpc) is 2.71. The molecule has 0 radical (unpaired) electrons. The number of nitrogens with zero attached hydrogens (tertiary/aromatic N) is 1. The summed E-state index contributed by atoms with van der Waals surface area (Å²) in [6.45, 7) is 6.52. The van der Waals surface area contributed by atoms with Crippen molar-refractivity contribution in [1.29, 1.82) is 0 Å². The second-order valence-corrected chi connectivity index (χ2v) is 7.98. The van der Waals surface area contributed by atoms with E-state index in [1.165, 1.54) is 31.2 Å². The van der Waals surface area contributed by atoms with Gasteiger partial charge in [0.25, 0.3) is 10.0 Å². The monoisotopic (exact) mass is 432 g/mol. The minimum Gasteiger partial charge on any atom is -0.490 e. The maximum atomic E-state index is 13.2. The molecule has 0 unspecified atom stereocenters. The molecule has 0 spiro atoms. The van der Waals surface area contributed by atoms with Crippen molar-refractivity contribution >= 4 is 33.3 Å². The van der Waals surface area contributed by atoms with E-state index in [1.807, 2.05) is 0 Å². The molecular formula is C21H24N2O6S. The van der Waals surface area contributed by atoms with Crippen LogP contribution in [0.5, 0.6) is 5.75 Å². The molecular weight excluding hydrogens is 408 g/mol. The Balaban J connectivity index is 2.38. The number of esters is 1. The number of nitrogens with one attached hydrogen (secondary N) is 1. The van der Waals surface area contributed by atoms with Gasteiger partial charge in [-0.2, -0.15) is 0 Å². The summed E-state index contributed by atoms with van der Waals surface area (Å²) in [6, 6.07) is 12.0. The molecule has 30 heavy (non-hydrogen) atoms. The van der Waals surface area contributed by atoms with E-state index in [9.17, 15) is 18.0 Å². The molecule has 0 aliphatic carbocycles. The number of hydrogen-bond acceptors (Lipinski definition) is 6. The molecule has 0 heterocycles. The summed E-state index contributed by atoms with van der Waals surface area (Å²) < 4.78 is 37.8. The van der Waals surface area contributed by atoms with Crippen molar-refractivity contribution in [3.63, 3.8) is 0 Å². The molecule has 0 aliphatic rings. The van der Waals surface area contributed by atoms with Gasteiger partial charge >= 0.3 is 5.97 Å². The van der Waals surface area contributed by atoms with E-state index < -0.39 is 22.5 Å². The Morgan fingerprint density at radius 1 is 1.10 bits per heavy atom. The number of benzene rings is 2. The van der Waals surface area contributed by atoms with E-state index >= 15 is 0 Å². The minimum atomic E-state index is -4.08. The van der Waals surface area contributed by atoms with Gasteiger partial charge in [-0.05, 0) is 55.5 Å². The minimum absolute atomic E-state index is 0.0344. The predicted octanol–water partition coefficient (Wildman–Crippen LogP) is 2.97. The van der Waals surface area contributed by atoms with Gasteiger partial charge in [-0.1, -0.05) is 12.7 Å². The fourth-order valence-corrected chi connectivity index (χ4v) is 3.95. The molecule has 0 aromatic heterocycles. The smallest absolute Gasteiger partial charge is 0.326 e. The summed E-state index contributed by atoms with van der Waals surface area (Å²) in [6.07, 6.45) is 1.59. The van der Waals surface area contributed by atoms with Gasteiger partial charge in [-0.25, -0.2) is 8.42 Å². The molecule has 1 N–H and O–H groups in total. The first kappa shape index (κ1) is 23.0. The Hall–Kier alpha value is -3.33. The summed E-state index contributed by atoms with van der Waals surface area (Å²) in [7, 11) is -4.08. The van der Waals surface area contributed by atoms with Gasteiger partial charge in [-0.15, -0.1) is 0 Å². The Morgan fingerprint density at radius 2 is 1.73 bits per heavy atom. The van der Waals surface area contributed by atoms with Crippen LogP contribution in [0.1, 0.15) is 13.8 Å². The third kappa shape index (κ3) is 6.08. The van der Waals surface area contributed by atoms with E-state index in [1.54, 1.807) is 37.3 Å². The molecule has 160 valence electrons. The first-order valence-corrected chi connectivity index (χ1v) is 10.6. The summed E-state index contributed by atoms with van der Waals surface area (Å²) in [5.41, 5.74) is 0.738. The summed E-state index contributed by atoms with van der Waals surface area (Å²) >= 11 is 0. The maximum absolute atomic E-state index is 13.2. The lowest BCUT2D eigenvalue weighted by Gasteiger charge is -2.24. The average molecular weight is 432 g/mol. The van der Waals surface area contributed by atoms with Crippen LogP contribution in [0.3, 0.4) is 0 Å². The van der Waals surface area contributed by atoms with Crippen LogP contribution in [-0.2, 0) is 24.3 Å². The molecule has 0 fully saturated rings. The third-order valence-corrected chi connectivity index (χ3v) is 5.62. The fraction of sp³-hybridized carbons (Fsp3) is 0.238. The van der Waals surface area contributed by atoms with E-state index in [2.05, 4.69) is 11.9 Å². The van der Waals surface area contributed by atoms with Crippen LogP contribution in [0.15, 0.2) is 66.1 Å². The van der Waals surface area contributed by atoms with Gasteiger partial charge in [-0.3, -0.25) is 13.9 Å². The predicted molar refractivity (Wildman–Crippen MR) is 114 cm³/mol. The molecule has 2 rings (SSSR count). The lowest BCUT2D eigenvalue weighted by atomic mass is 10.3. The third-order valence-electron chi connectivity index (χ3n) is 3.83. The highest BCUT2D eigenvalue weighted by Crippen LogP contribution is 2.26. The number of carbonyl (C=O) groups is 2. The Labute approximate surface area is 176 Å². The van der Waals surface area contributed by atoms with Gasteiger partial charge in [0.15, 0.2) is 0 Å². The molecule has 0 atom stereocenters. The molecule has 0 saturated carbocycles. The van der Waals surface area contributed by atoms with Crippen LogP contribution in [0, 0.1) is 0 Å². The molecule has 0 saturated heterocycles. The van der Waals surface area contributed by atoms with E-state index in [-0.39, 0.29) is 23.1 Å². The zero-order valence-corrected chi connectivity index (χ0v) is 17.6. The van der Waals surface area contributed by atoms with Crippen LogP contribution in [0.4, 0.5) is 11.4 Å². The fourth-order valence-electron chi connectivity index (χ4n) is 2.54. The van der Waals surface area contributed by atoms with Gasteiger partial charge < -0.3 is 14.8 Å². The van der Waals surface area contributed by atoms with Crippen molar-refractivity contribution in [1.82, 2.24) is 0 Å². The number of ether oxygens (including phenoxy) is 2. The van der Waals surface area contributed by atoms with Crippen molar-refractivity contribution < 1.29 is 27.5 Å². The number of rotatable bonds is 10. The first-order chi connectivity index (χ1) is 14.3. The van der Waals surface area contributed by atoms with Gasteiger partial charge in [0.05, 0.1) is 17.2 Å². The summed E-state index contributed by atoms with van der Waals surface area (Å²) in [5.74, 6) is -0.414. The molecule has 2 aromatic rings. The SMILES string of the molecule is C=CCOc1ccc(N(CC(=O)OCC)S(=O)(=O)c2ccc(NC(C)=O)cc2)cc1. The van der Waals surface area contributed by atoms with Crippen molar-refractivity contribution in [2.24, 2.45) is 0 Å². The van der Waals surface area contributed by atoms with E-state index in [4.69, 9.17) is 9.47 Å². The quantitative estimate of drug-likeness (QED) is 0.457. The zero-order chi connectivity index (χ0) is 22.1. The van der Waals surface area contributed by atoms with Gasteiger partial charge in [0.2, 0.25) is 5.91 Å². The Kier molecular flexibility index (Phi) is 7.99. The lowest BCUT2D eigenvalue weighted by Crippen LogP contribution is -2.36. The highest BCUT2D eigenvalue weighted by Gasteiger charge is 2.27. The van der Waals surface area contributed by atoms with Gasteiger partial charge in [0, 0.05) is 12.6 Å². The second kappa shape index (κ2) is 10.4. The van der Waals surface area contributed by atoms with Crippen LogP contribution in [-0.4, -0.2) is 40.1 Å². The van der Waals surface area contributed by atoms with Crippen LogP contribution in [0.2, 0.25) is 0 Å². The highest BCUT2D eigenvalue weighted by molar-refractivity contribution is 7.92. The molecule has 1 amide bonds. The molecule has 8 nitrogen and oxygen atoms in total. The number of sulfonamides is 1. The van der Waals surface area contributed by atoms with Crippen LogP contribution in [0.25, 0.3) is 0 Å². The Morgan fingerprint density at radius 3 is 2.27 bits per heavy atom. The van der Waals surface area contributed by atoms with Crippen molar-refractivity contribution in [3.8, 4) is 5.75 Å². The zero-order valence-electron chi connectivity index (χ0n) is 16.8. The van der Waals surface area contributed by atoms with Crippen molar-refractivity contribution in [2.45, 2.75) is 18.7 Å². The first-order valence-electron chi connectivity index (χ1n) is 9.17. The normalized spacial score (nSPS) is 10.7. The second-order valence-electron chi connectivity index (χ2n) is 6.12.